The molecule has 0 unspecified atom stereocenters. The first-order valence-corrected chi connectivity index (χ1v) is 10.7. The summed E-state index contributed by atoms with van der Waals surface area (Å²) < 4.78 is 10.7. The lowest BCUT2D eigenvalue weighted by Gasteiger charge is -2.16. The number of ether oxygens (including phenoxy) is 2. The second kappa shape index (κ2) is 9.38. The molecule has 2 amide bonds. The summed E-state index contributed by atoms with van der Waals surface area (Å²) in [5.74, 6) is 0.324. The average molecular weight is 463 g/mol. The summed E-state index contributed by atoms with van der Waals surface area (Å²) >= 11 is 6.04. The van der Waals surface area contributed by atoms with Crippen LogP contribution in [0.3, 0.4) is 0 Å². The molecular formula is C26H23ClN2O4. The molecule has 0 spiro atoms. The van der Waals surface area contributed by atoms with Gasteiger partial charge in [-0.05, 0) is 30.2 Å². The van der Waals surface area contributed by atoms with Gasteiger partial charge in [-0.2, -0.15) is 0 Å². The van der Waals surface area contributed by atoms with Gasteiger partial charge in [-0.15, -0.1) is 0 Å². The third kappa shape index (κ3) is 4.71. The Morgan fingerprint density at radius 3 is 2.03 bits per heavy atom. The first kappa shape index (κ1) is 22.4. The molecule has 4 rings (SSSR count). The molecule has 0 atom stereocenters. The van der Waals surface area contributed by atoms with Crippen molar-refractivity contribution in [2.45, 2.75) is 13.5 Å². The third-order valence-electron chi connectivity index (χ3n) is 5.38. The molecule has 33 heavy (non-hydrogen) atoms. The van der Waals surface area contributed by atoms with E-state index in [-0.39, 0.29) is 23.7 Å². The van der Waals surface area contributed by atoms with E-state index in [1.54, 1.807) is 56.7 Å². The number of rotatable bonds is 7. The van der Waals surface area contributed by atoms with Crippen molar-refractivity contribution in [1.82, 2.24) is 4.90 Å². The van der Waals surface area contributed by atoms with Gasteiger partial charge in [0, 0.05) is 28.9 Å². The van der Waals surface area contributed by atoms with Crippen molar-refractivity contribution < 1.29 is 19.1 Å². The van der Waals surface area contributed by atoms with Crippen molar-refractivity contribution >= 4 is 34.7 Å². The number of hydrogen-bond donors (Lipinski definition) is 1. The fourth-order valence-corrected chi connectivity index (χ4v) is 3.75. The van der Waals surface area contributed by atoms with Gasteiger partial charge in [-0.3, -0.25) is 14.5 Å². The number of nitrogens with one attached hydrogen (secondary N) is 1. The number of imide groups is 1. The van der Waals surface area contributed by atoms with Crippen LogP contribution in [0.2, 0.25) is 5.02 Å². The van der Waals surface area contributed by atoms with Crippen LogP contribution in [-0.4, -0.2) is 30.9 Å². The number of carbonyl (C=O) groups excluding carboxylic acids is 2. The predicted molar refractivity (Wildman–Crippen MR) is 128 cm³/mol. The molecule has 1 aliphatic rings. The molecule has 168 valence electrons. The number of benzene rings is 3. The molecule has 0 aliphatic carbocycles. The number of methoxy groups -OCH3 is 2. The molecule has 3 aromatic rings. The summed E-state index contributed by atoms with van der Waals surface area (Å²) in [4.78, 5) is 28.1. The lowest BCUT2D eigenvalue weighted by molar-refractivity contribution is -0.137. The maximum atomic E-state index is 13.4. The van der Waals surface area contributed by atoms with Crippen molar-refractivity contribution in [3.05, 3.63) is 94.1 Å². The largest absolute Gasteiger partial charge is 0.497 e. The van der Waals surface area contributed by atoms with Gasteiger partial charge < -0.3 is 14.8 Å². The molecule has 1 heterocycles. The minimum atomic E-state index is -0.410. The van der Waals surface area contributed by atoms with E-state index in [0.717, 1.165) is 11.1 Å². The summed E-state index contributed by atoms with van der Waals surface area (Å²) in [5.41, 5.74) is 3.59. The highest BCUT2D eigenvalue weighted by Gasteiger charge is 2.39. The normalized spacial score (nSPS) is 13.5. The summed E-state index contributed by atoms with van der Waals surface area (Å²) in [6.45, 7) is 2.15. The fourth-order valence-electron chi connectivity index (χ4n) is 3.62. The molecule has 0 aromatic heterocycles. The van der Waals surface area contributed by atoms with Crippen LogP contribution in [0.25, 0.3) is 5.57 Å². The standard InChI is InChI=1S/C26H23ClN2O4/c1-16-4-6-17(7-5-16)15-29-25(30)23(18-8-10-19(27)11-9-18)24(26(29)31)28-20-12-21(32-2)14-22(13-20)33-3/h4-14,28H,15H2,1-3H3. The third-order valence-corrected chi connectivity index (χ3v) is 5.63. The Bertz CT molecular complexity index is 1210. The Kier molecular flexibility index (Phi) is 6.38. The maximum absolute atomic E-state index is 13.4. The van der Waals surface area contributed by atoms with Gasteiger partial charge in [-0.25, -0.2) is 0 Å². The minimum absolute atomic E-state index is 0.168. The number of hydrogen-bond acceptors (Lipinski definition) is 5. The highest BCUT2D eigenvalue weighted by molar-refractivity contribution is 6.36. The zero-order chi connectivity index (χ0) is 23.5. The topological polar surface area (TPSA) is 67.9 Å². The first-order valence-electron chi connectivity index (χ1n) is 10.3. The second-order valence-electron chi connectivity index (χ2n) is 7.67. The zero-order valence-corrected chi connectivity index (χ0v) is 19.3. The lowest BCUT2D eigenvalue weighted by Crippen LogP contribution is -2.32. The Morgan fingerprint density at radius 1 is 0.848 bits per heavy atom. The van der Waals surface area contributed by atoms with Gasteiger partial charge in [-0.1, -0.05) is 53.6 Å². The van der Waals surface area contributed by atoms with E-state index in [0.29, 0.717) is 27.8 Å². The van der Waals surface area contributed by atoms with Crippen LogP contribution in [0, 0.1) is 6.92 Å². The number of anilines is 1. The summed E-state index contributed by atoms with van der Waals surface area (Å²) in [5, 5.41) is 3.67. The van der Waals surface area contributed by atoms with Gasteiger partial charge in [0.25, 0.3) is 11.8 Å². The molecule has 0 saturated heterocycles. The lowest BCUT2D eigenvalue weighted by atomic mass is 10.0. The molecule has 1 N–H and O–H groups in total. The van der Waals surface area contributed by atoms with Crippen LogP contribution in [0.1, 0.15) is 16.7 Å². The van der Waals surface area contributed by atoms with Crippen molar-refractivity contribution in [2.75, 3.05) is 19.5 Å². The van der Waals surface area contributed by atoms with Gasteiger partial charge in [0.05, 0.1) is 26.3 Å². The SMILES string of the molecule is COc1cc(NC2=C(c3ccc(Cl)cc3)C(=O)N(Cc3ccc(C)cc3)C2=O)cc(OC)c1. The minimum Gasteiger partial charge on any atom is -0.497 e. The van der Waals surface area contributed by atoms with E-state index in [4.69, 9.17) is 21.1 Å². The predicted octanol–water partition coefficient (Wildman–Crippen LogP) is 5.06. The van der Waals surface area contributed by atoms with Crippen molar-refractivity contribution in [3.8, 4) is 11.5 Å². The van der Waals surface area contributed by atoms with Crippen LogP contribution in [0.4, 0.5) is 5.69 Å². The summed E-state index contributed by atoms with van der Waals surface area (Å²) in [6.07, 6.45) is 0. The number of halogens is 1. The first-order chi connectivity index (χ1) is 15.9. The van der Waals surface area contributed by atoms with Gasteiger partial charge in [0.2, 0.25) is 0 Å². The Morgan fingerprint density at radius 2 is 1.45 bits per heavy atom. The number of carbonyl (C=O) groups is 2. The molecule has 7 heteroatoms. The van der Waals surface area contributed by atoms with Crippen LogP contribution in [0.5, 0.6) is 11.5 Å². The monoisotopic (exact) mass is 462 g/mol. The highest BCUT2D eigenvalue weighted by Crippen LogP contribution is 2.34. The Hall–Kier alpha value is -3.77. The van der Waals surface area contributed by atoms with E-state index in [9.17, 15) is 9.59 Å². The summed E-state index contributed by atoms with van der Waals surface area (Å²) in [7, 11) is 3.09. The maximum Gasteiger partial charge on any atom is 0.278 e. The molecule has 3 aromatic carbocycles. The van der Waals surface area contributed by atoms with E-state index in [1.807, 2.05) is 31.2 Å². The number of nitrogens with zero attached hydrogens (tertiary/aromatic N) is 1. The van der Waals surface area contributed by atoms with Crippen LogP contribution >= 0.6 is 11.6 Å². The van der Waals surface area contributed by atoms with Crippen molar-refractivity contribution in [3.63, 3.8) is 0 Å². The highest BCUT2D eigenvalue weighted by atomic mass is 35.5. The number of aryl methyl sites for hydroxylation is 1. The smallest absolute Gasteiger partial charge is 0.278 e. The van der Waals surface area contributed by atoms with E-state index < -0.39 is 5.91 Å². The number of amides is 2. The van der Waals surface area contributed by atoms with Gasteiger partial charge in [0.1, 0.15) is 17.2 Å². The Labute approximate surface area is 197 Å². The van der Waals surface area contributed by atoms with Crippen LogP contribution < -0.4 is 14.8 Å². The summed E-state index contributed by atoms with van der Waals surface area (Å²) in [6, 6.07) is 19.8. The average Bonchev–Trinajstić information content (AvgIpc) is 3.05. The second-order valence-corrected chi connectivity index (χ2v) is 8.10. The van der Waals surface area contributed by atoms with E-state index in [1.165, 1.54) is 4.90 Å². The van der Waals surface area contributed by atoms with Crippen molar-refractivity contribution in [1.29, 1.82) is 0 Å². The van der Waals surface area contributed by atoms with Crippen molar-refractivity contribution in [2.24, 2.45) is 0 Å². The van der Waals surface area contributed by atoms with E-state index in [2.05, 4.69) is 5.32 Å². The molecule has 0 fully saturated rings. The zero-order valence-electron chi connectivity index (χ0n) is 18.5. The molecule has 6 nitrogen and oxygen atoms in total. The van der Waals surface area contributed by atoms with Gasteiger partial charge >= 0.3 is 0 Å². The van der Waals surface area contributed by atoms with E-state index >= 15 is 0 Å². The molecular weight excluding hydrogens is 440 g/mol. The van der Waals surface area contributed by atoms with Gasteiger partial charge in [0.15, 0.2) is 0 Å². The van der Waals surface area contributed by atoms with Crippen LogP contribution in [0.15, 0.2) is 72.4 Å². The van der Waals surface area contributed by atoms with Crippen LogP contribution in [-0.2, 0) is 16.1 Å². The Balaban J connectivity index is 1.75. The molecule has 0 radical (unpaired) electrons. The molecule has 0 bridgehead atoms. The quantitative estimate of drug-likeness (QED) is 0.497. The molecule has 1 aliphatic heterocycles. The fraction of sp³-hybridized carbons (Fsp3) is 0.154. The molecule has 0 saturated carbocycles.